The third-order valence-electron chi connectivity index (χ3n) is 3.80. The molecule has 0 saturated heterocycles. The van der Waals surface area contributed by atoms with E-state index in [0.717, 1.165) is 25.7 Å². The largest absolute Gasteiger partial charge is 0.505 e. The van der Waals surface area contributed by atoms with Crippen LogP contribution in [0.2, 0.25) is 0 Å². The van der Waals surface area contributed by atoms with Gasteiger partial charge in [-0.05, 0) is 6.42 Å². The van der Waals surface area contributed by atoms with Gasteiger partial charge in [-0.1, -0.05) is 32.6 Å². The van der Waals surface area contributed by atoms with E-state index < -0.39 is 61.6 Å². The number of carbonyl (C=O) groups excluding carboxylic acids is 2. The fraction of sp³-hybridized carbons (Fsp3) is 0.765. The summed E-state index contributed by atoms with van der Waals surface area (Å²) in [5.41, 5.74) is 0. The maximum atomic E-state index is 11.6. The van der Waals surface area contributed by atoms with E-state index in [4.69, 9.17) is 19.3 Å². The van der Waals surface area contributed by atoms with E-state index in [9.17, 15) is 24.9 Å². The van der Waals surface area contributed by atoms with Crippen LogP contribution in [0.25, 0.3) is 0 Å². The Labute approximate surface area is 152 Å². The van der Waals surface area contributed by atoms with Gasteiger partial charge in [-0.15, -0.1) is 0 Å². The Morgan fingerprint density at radius 1 is 1.19 bits per heavy atom. The molecule has 1 aliphatic rings. The molecule has 1 unspecified atom stereocenters. The summed E-state index contributed by atoms with van der Waals surface area (Å²) in [5, 5.41) is 37.8. The van der Waals surface area contributed by atoms with Crippen molar-refractivity contribution in [3.8, 4) is 0 Å². The highest BCUT2D eigenvalue weighted by Crippen LogP contribution is 2.24. The van der Waals surface area contributed by atoms with Gasteiger partial charge in [-0.25, -0.2) is 4.79 Å². The first-order valence-corrected chi connectivity index (χ1v) is 8.80. The van der Waals surface area contributed by atoms with Crippen molar-refractivity contribution in [2.24, 2.45) is 0 Å². The molecule has 150 valence electrons. The van der Waals surface area contributed by atoms with Gasteiger partial charge in [0.2, 0.25) is 5.76 Å². The monoisotopic (exact) mass is 376 g/mol. The molecule has 0 aliphatic carbocycles. The van der Waals surface area contributed by atoms with Crippen LogP contribution in [-0.4, -0.2) is 70.5 Å². The molecule has 0 saturated carbocycles. The van der Waals surface area contributed by atoms with Crippen molar-refractivity contribution in [3.05, 3.63) is 11.5 Å². The average Bonchev–Trinajstić information content (AvgIpc) is 2.91. The van der Waals surface area contributed by atoms with Crippen molar-refractivity contribution in [2.75, 3.05) is 19.8 Å². The van der Waals surface area contributed by atoms with Crippen molar-refractivity contribution < 1.29 is 44.2 Å². The number of cyclic esters (lactones) is 1. The van der Waals surface area contributed by atoms with Crippen LogP contribution in [-0.2, 0) is 23.8 Å². The fourth-order valence-electron chi connectivity index (χ4n) is 2.30. The predicted octanol–water partition coefficient (Wildman–Crippen LogP) is 0.316. The Hall–Kier alpha value is -1.84. The number of ether oxygens (including phenoxy) is 3. The molecule has 0 amide bonds. The van der Waals surface area contributed by atoms with Crippen LogP contribution >= 0.6 is 0 Å². The predicted molar refractivity (Wildman–Crippen MR) is 88.9 cm³/mol. The Morgan fingerprint density at radius 3 is 2.54 bits per heavy atom. The number of hydrogen-bond acceptors (Lipinski definition) is 9. The van der Waals surface area contributed by atoms with E-state index in [1.165, 1.54) is 0 Å². The molecule has 9 nitrogen and oxygen atoms in total. The van der Waals surface area contributed by atoms with Gasteiger partial charge in [-0.2, -0.15) is 0 Å². The van der Waals surface area contributed by atoms with Gasteiger partial charge < -0.3 is 34.6 Å². The maximum absolute atomic E-state index is 11.6. The molecule has 1 heterocycles. The zero-order valence-corrected chi connectivity index (χ0v) is 14.9. The molecule has 0 aromatic heterocycles. The van der Waals surface area contributed by atoms with E-state index in [-0.39, 0.29) is 6.42 Å². The lowest BCUT2D eigenvalue weighted by molar-refractivity contribution is -0.155. The number of unbranched alkanes of at least 4 members (excludes halogenated alkanes) is 4. The highest BCUT2D eigenvalue weighted by molar-refractivity contribution is 5.89. The molecular weight excluding hydrogens is 348 g/mol. The van der Waals surface area contributed by atoms with Crippen LogP contribution in [0.4, 0.5) is 0 Å². The number of rotatable bonds is 13. The first-order valence-electron chi connectivity index (χ1n) is 8.80. The van der Waals surface area contributed by atoms with Gasteiger partial charge in [-0.3, -0.25) is 4.79 Å². The zero-order valence-electron chi connectivity index (χ0n) is 14.9. The summed E-state index contributed by atoms with van der Waals surface area (Å²) in [6, 6.07) is 0. The molecule has 0 bridgehead atoms. The molecule has 26 heavy (non-hydrogen) atoms. The summed E-state index contributed by atoms with van der Waals surface area (Å²) in [4.78, 5) is 23.3. The van der Waals surface area contributed by atoms with Crippen molar-refractivity contribution in [1.29, 1.82) is 0 Å². The van der Waals surface area contributed by atoms with E-state index in [1.807, 2.05) is 0 Å². The van der Waals surface area contributed by atoms with E-state index in [0.29, 0.717) is 6.42 Å². The summed E-state index contributed by atoms with van der Waals surface area (Å²) in [7, 11) is 0. The van der Waals surface area contributed by atoms with Crippen LogP contribution in [0.5, 0.6) is 0 Å². The highest BCUT2D eigenvalue weighted by Gasteiger charge is 2.41. The molecular formula is C17H28O9. The van der Waals surface area contributed by atoms with Crippen molar-refractivity contribution >= 4 is 11.9 Å². The second kappa shape index (κ2) is 11.7. The minimum Gasteiger partial charge on any atom is -0.505 e. The lowest BCUT2D eigenvalue weighted by Gasteiger charge is -2.17. The Morgan fingerprint density at radius 2 is 1.88 bits per heavy atom. The lowest BCUT2D eigenvalue weighted by Crippen LogP contribution is -2.33. The number of hydrogen-bond donors (Lipinski definition) is 4. The Bertz CT molecular complexity index is 489. The smallest absolute Gasteiger partial charge is 0.378 e. The van der Waals surface area contributed by atoms with Crippen LogP contribution in [0.3, 0.4) is 0 Å². The molecule has 9 heteroatoms. The Kier molecular flexibility index (Phi) is 10.0. The molecule has 3 atom stereocenters. The standard InChI is InChI=1S/C17H28O9/c1-2-3-4-5-6-7-13(21)24-10-12(20)15-14(22)16(17(23)26-15)25-9-11(19)8-18/h11-12,15,18-20,22H,2-10H2,1H3/t11?,12-,15+/m0/s1. The van der Waals surface area contributed by atoms with Crippen molar-refractivity contribution in [3.63, 3.8) is 0 Å². The first kappa shape index (κ1) is 22.2. The molecule has 0 radical (unpaired) electrons. The number of esters is 2. The third kappa shape index (κ3) is 7.19. The summed E-state index contributed by atoms with van der Waals surface area (Å²) in [6.45, 7) is 0.646. The highest BCUT2D eigenvalue weighted by atomic mass is 16.6. The molecule has 0 fully saturated rings. The summed E-state index contributed by atoms with van der Waals surface area (Å²) in [5.74, 6) is -2.69. The summed E-state index contributed by atoms with van der Waals surface area (Å²) in [6.07, 6.45) is 1.04. The summed E-state index contributed by atoms with van der Waals surface area (Å²) < 4.78 is 14.6. The molecule has 1 rings (SSSR count). The zero-order chi connectivity index (χ0) is 19.5. The second-order valence-corrected chi connectivity index (χ2v) is 6.10. The molecule has 0 aromatic rings. The second-order valence-electron chi connectivity index (χ2n) is 6.10. The lowest BCUT2D eigenvalue weighted by atomic mass is 10.1. The van der Waals surface area contributed by atoms with Crippen molar-refractivity contribution in [2.45, 2.75) is 63.8 Å². The van der Waals surface area contributed by atoms with Gasteiger partial charge >= 0.3 is 11.9 Å². The molecule has 4 N–H and O–H groups in total. The number of carbonyl (C=O) groups is 2. The van der Waals surface area contributed by atoms with Crippen molar-refractivity contribution in [1.82, 2.24) is 0 Å². The third-order valence-corrected chi connectivity index (χ3v) is 3.80. The van der Waals surface area contributed by atoms with E-state index >= 15 is 0 Å². The SMILES string of the molecule is CCCCCCCC(=O)OC[C@H](O)[C@H]1OC(=O)C(OCC(O)CO)=C1O. The van der Waals surface area contributed by atoms with Crippen LogP contribution in [0, 0.1) is 0 Å². The average molecular weight is 376 g/mol. The molecule has 0 spiro atoms. The van der Waals surface area contributed by atoms with Crippen LogP contribution in [0.15, 0.2) is 11.5 Å². The van der Waals surface area contributed by atoms with E-state index in [1.54, 1.807) is 0 Å². The fourth-order valence-corrected chi connectivity index (χ4v) is 2.30. The number of aliphatic hydroxyl groups excluding tert-OH is 4. The van der Waals surface area contributed by atoms with Crippen LogP contribution < -0.4 is 0 Å². The molecule has 1 aliphatic heterocycles. The van der Waals surface area contributed by atoms with Gasteiger partial charge in [0, 0.05) is 6.42 Å². The normalized spacial score (nSPS) is 19.2. The van der Waals surface area contributed by atoms with E-state index in [2.05, 4.69) is 6.92 Å². The van der Waals surface area contributed by atoms with Crippen LogP contribution in [0.1, 0.15) is 45.4 Å². The topological polar surface area (TPSA) is 143 Å². The number of aliphatic hydroxyl groups is 4. The molecule has 0 aromatic carbocycles. The Balaban J connectivity index is 2.39. The minimum atomic E-state index is -1.45. The first-order chi connectivity index (χ1) is 12.4. The van der Waals surface area contributed by atoms with Gasteiger partial charge in [0.1, 0.15) is 25.4 Å². The van der Waals surface area contributed by atoms with Gasteiger partial charge in [0.15, 0.2) is 11.9 Å². The maximum Gasteiger partial charge on any atom is 0.378 e. The van der Waals surface area contributed by atoms with Gasteiger partial charge in [0.25, 0.3) is 0 Å². The quantitative estimate of drug-likeness (QED) is 0.264. The summed E-state index contributed by atoms with van der Waals surface area (Å²) >= 11 is 0. The minimum absolute atomic E-state index is 0.232. The van der Waals surface area contributed by atoms with Gasteiger partial charge in [0.05, 0.1) is 6.61 Å².